The summed E-state index contributed by atoms with van der Waals surface area (Å²) in [6, 6.07) is 13.2. The van der Waals surface area contributed by atoms with Gasteiger partial charge in [0.2, 0.25) is 0 Å². The van der Waals surface area contributed by atoms with Gasteiger partial charge in [0, 0.05) is 22.4 Å². The van der Waals surface area contributed by atoms with Crippen molar-refractivity contribution >= 4 is 27.0 Å². The van der Waals surface area contributed by atoms with Crippen molar-refractivity contribution in [3.8, 4) is 11.1 Å². The molecule has 0 saturated carbocycles. The van der Waals surface area contributed by atoms with E-state index in [1.165, 1.54) is 0 Å². The summed E-state index contributed by atoms with van der Waals surface area (Å²) in [6.07, 6.45) is 1.66. The van der Waals surface area contributed by atoms with E-state index in [-0.39, 0.29) is 0 Å². The van der Waals surface area contributed by atoms with Gasteiger partial charge in [0.15, 0.2) is 0 Å². The Kier molecular flexibility index (Phi) is 2.28. The Hall–Kier alpha value is -1.32. The van der Waals surface area contributed by atoms with Gasteiger partial charge in [0.05, 0.1) is 20.3 Å². The van der Waals surface area contributed by atoms with E-state index in [9.17, 15) is 4.21 Å². The van der Waals surface area contributed by atoms with Crippen molar-refractivity contribution in [3.63, 3.8) is 0 Å². The van der Waals surface area contributed by atoms with E-state index in [1.54, 1.807) is 12.3 Å². The fraction of sp³-hybridized carbons (Fsp3) is 0.0769. The highest BCUT2D eigenvalue weighted by molar-refractivity contribution is 7.93. The summed E-state index contributed by atoms with van der Waals surface area (Å²) in [6.45, 7) is 0. The van der Waals surface area contributed by atoms with Crippen molar-refractivity contribution in [2.45, 2.75) is 4.90 Å². The van der Waals surface area contributed by atoms with Crippen molar-refractivity contribution in [1.29, 1.82) is 0 Å². The quantitative estimate of drug-likeness (QED) is 0.703. The van der Waals surface area contributed by atoms with Crippen molar-refractivity contribution in [2.24, 2.45) is 4.36 Å². The maximum atomic E-state index is 12.5. The van der Waals surface area contributed by atoms with Gasteiger partial charge in [-0.2, -0.15) is 4.36 Å². The summed E-state index contributed by atoms with van der Waals surface area (Å²) in [4.78, 5) is 0.801. The van der Waals surface area contributed by atoms with Gasteiger partial charge in [0.25, 0.3) is 0 Å². The topological polar surface area (TPSA) is 29.4 Å². The third-order valence-corrected chi connectivity index (χ3v) is 4.77. The number of hydrogen-bond acceptors (Lipinski definition) is 2. The molecule has 0 fully saturated rings. The van der Waals surface area contributed by atoms with Crippen LogP contribution in [0.4, 0.5) is 5.69 Å². The molecule has 0 unspecified atom stereocenters. The fourth-order valence-electron chi connectivity index (χ4n) is 2.06. The molecule has 17 heavy (non-hydrogen) atoms. The van der Waals surface area contributed by atoms with Crippen LogP contribution in [0.5, 0.6) is 0 Å². The monoisotopic (exact) mass is 263 g/mol. The minimum atomic E-state index is -2.36. The van der Waals surface area contributed by atoms with Crippen LogP contribution in [0.1, 0.15) is 0 Å². The Morgan fingerprint density at radius 1 is 1.12 bits per heavy atom. The molecule has 3 rings (SSSR count). The zero-order chi connectivity index (χ0) is 12.0. The first-order valence-electron chi connectivity index (χ1n) is 5.19. The highest BCUT2D eigenvalue weighted by Crippen LogP contribution is 2.41. The Morgan fingerprint density at radius 2 is 1.88 bits per heavy atom. The molecule has 0 amide bonds. The molecule has 0 bridgehead atoms. The van der Waals surface area contributed by atoms with E-state index >= 15 is 0 Å². The van der Waals surface area contributed by atoms with Gasteiger partial charge >= 0.3 is 0 Å². The van der Waals surface area contributed by atoms with Crippen molar-refractivity contribution in [2.75, 3.05) is 6.26 Å². The van der Waals surface area contributed by atoms with Crippen LogP contribution >= 0.6 is 11.6 Å². The van der Waals surface area contributed by atoms with Gasteiger partial charge in [-0.3, -0.25) is 0 Å². The van der Waals surface area contributed by atoms with Crippen LogP contribution in [-0.2, 0) is 9.73 Å². The smallest absolute Gasteiger partial charge is 0.0827 e. The molecular weight excluding hydrogens is 254 g/mol. The lowest BCUT2D eigenvalue weighted by atomic mass is 10.0. The number of hydrogen-bond donors (Lipinski definition) is 0. The summed E-state index contributed by atoms with van der Waals surface area (Å²) in [7, 11) is -2.36. The lowest BCUT2D eigenvalue weighted by molar-refractivity contribution is 0.680. The van der Waals surface area contributed by atoms with Gasteiger partial charge < -0.3 is 0 Å². The second-order valence-electron chi connectivity index (χ2n) is 4.05. The fourth-order valence-corrected chi connectivity index (χ4v) is 3.77. The molecule has 0 aromatic heterocycles. The van der Waals surface area contributed by atoms with Gasteiger partial charge in [0.1, 0.15) is 0 Å². The average Bonchev–Trinajstić information content (AvgIpc) is 2.28. The third-order valence-electron chi connectivity index (χ3n) is 2.82. The Bertz CT molecular complexity index is 730. The van der Waals surface area contributed by atoms with Crippen LogP contribution < -0.4 is 0 Å². The summed E-state index contributed by atoms with van der Waals surface area (Å²) in [5.74, 6) is 0. The minimum Gasteiger partial charge on any atom is -0.245 e. The van der Waals surface area contributed by atoms with Crippen molar-refractivity contribution in [3.05, 3.63) is 47.5 Å². The van der Waals surface area contributed by atoms with E-state index in [2.05, 4.69) is 4.36 Å². The maximum Gasteiger partial charge on any atom is 0.0827 e. The second kappa shape index (κ2) is 3.59. The van der Waals surface area contributed by atoms with E-state index < -0.39 is 9.73 Å². The standard InChI is InChI=1S/C13H10ClNOS/c1-17(16)13-5-3-2-4-11(13)10-7-6-9(14)8-12(10)15-17/h2-8H,1H3/t17-/m1/s1. The van der Waals surface area contributed by atoms with Crippen LogP contribution in [0.25, 0.3) is 11.1 Å². The molecule has 2 aromatic rings. The van der Waals surface area contributed by atoms with E-state index in [4.69, 9.17) is 11.6 Å². The predicted octanol–water partition coefficient (Wildman–Crippen LogP) is 4.11. The molecule has 2 nitrogen and oxygen atoms in total. The Balaban J connectivity index is 2.46. The number of halogens is 1. The molecule has 2 aromatic carbocycles. The molecule has 0 saturated heterocycles. The molecule has 0 N–H and O–H groups in total. The first kappa shape index (κ1) is 10.8. The van der Waals surface area contributed by atoms with Crippen LogP contribution in [0.15, 0.2) is 51.7 Å². The highest BCUT2D eigenvalue weighted by atomic mass is 35.5. The van der Waals surface area contributed by atoms with Crippen molar-refractivity contribution < 1.29 is 4.21 Å². The van der Waals surface area contributed by atoms with Crippen LogP contribution in [0.2, 0.25) is 5.02 Å². The summed E-state index contributed by atoms with van der Waals surface area (Å²) in [5.41, 5.74) is 2.69. The number of benzene rings is 2. The van der Waals surface area contributed by atoms with Crippen LogP contribution in [-0.4, -0.2) is 10.5 Å². The maximum absolute atomic E-state index is 12.5. The summed E-state index contributed by atoms with van der Waals surface area (Å²) < 4.78 is 16.8. The Labute approximate surface area is 105 Å². The normalized spacial score (nSPS) is 21.3. The van der Waals surface area contributed by atoms with Gasteiger partial charge in [-0.15, -0.1) is 0 Å². The van der Waals surface area contributed by atoms with Gasteiger partial charge in [-0.25, -0.2) is 4.21 Å². The minimum absolute atomic E-state index is 0.613. The zero-order valence-electron chi connectivity index (χ0n) is 9.18. The molecule has 1 atom stereocenters. The molecule has 86 valence electrons. The Morgan fingerprint density at radius 3 is 2.71 bits per heavy atom. The number of nitrogens with zero attached hydrogens (tertiary/aromatic N) is 1. The molecule has 0 radical (unpaired) electrons. The SMILES string of the molecule is C[S@]1(=O)=Nc2cc(Cl)ccc2-c2ccccc21. The summed E-state index contributed by atoms with van der Waals surface area (Å²) in [5, 5.41) is 0.613. The first-order valence-corrected chi connectivity index (χ1v) is 7.49. The van der Waals surface area contributed by atoms with Gasteiger partial charge in [-0.1, -0.05) is 35.9 Å². The number of rotatable bonds is 0. The zero-order valence-corrected chi connectivity index (χ0v) is 10.8. The molecule has 1 aliphatic rings. The molecular formula is C13H10ClNOS. The molecule has 1 heterocycles. The first-order chi connectivity index (χ1) is 8.08. The lowest BCUT2D eigenvalue weighted by Crippen LogP contribution is -2.03. The summed E-state index contributed by atoms with van der Waals surface area (Å²) >= 11 is 5.94. The van der Waals surface area contributed by atoms with Crippen LogP contribution in [0.3, 0.4) is 0 Å². The molecule has 1 aliphatic heterocycles. The lowest BCUT2D eigenvalue weighted by Gasteiger charge is -2.18. The van der Waals surface area contributed by atoms with E-state index in [0.29, 0.717) is 10.7 Å². The number of fused-ring (bicyclic) bond motifs is 3. The highest BCUT2D eigenvalue weighted by Gasteiger charge is 2.20. The molecule has 4 heteroatoms. The third kappa shape index (κ3) is 1.66. The second-order valence-corrected chi connectivity index (χ2v) is 6.72. The van der Waals surface area contributed by atoms with Gasteiger partial charge in [-0.05, 0) is 18.2 Å². The average molecular weight is 264 g/mol. The van der Waals surface area contributed by atoms with Crippen LogP contribution in [0, 0.1) is 0 Å². The van der Waals surface area contributed by atoms with E-state index in [0.717, 1.165) is 16.0 Å². The van der Waals surface area contributed by atoms with E-state index in [1.807, 2.05) is 36.4 Å². The van der Waals surface area contributed by atoms with Crippen molar-refractivity contribution in [1.82, 2.24) is 0 Å². The largest absolute Gasteiger partial charge is 0.245 e. The molecule has 0 aliphatic carbocycles. The predicted molar refractivity (Wildman–Crippen MR) is 71.3 cm³/mol. The molecule has 0 spiro atoms.